The van der Waals surface area contributed by atoms with E-state index in [9.17, 15) is 0 Å². The monoisotopic (exact) mass is 196 g/mol. The highest BCUT2D eigenvalue weighted by molar-refractivity contribution is 4.75. The minimum Gasteiger partial charge on any atom is -0.394 e. The molecule has 13 heavy (non-hydrogen) atoms. The summed E-state index contributed by atoms with van der Waals surface area (Å²) in [5.74, 6) is 4.82. The van der Waals surface area contributed by atoms with Crippen molar-refractivity contribution >= 4 is 0 Å². The lowest BCUT2D eigenvalue weighted by Gasteiger charge is -2.23. The number of aliphatic hydroxyl groups excluding tert-OH is 5. The summed E-state index contributed by atoms with van der Waals surface area (Å²) >= 11 is 0. The van der Waals surface area contributed by atoms with Crippen molar-refractivity contribution in [2.75, 3.05) is 6.61 Å². The average Bonchev–Trinajstić information content (AvgIpc) is 2.14. The van der Waals surface area contributed by atoms with E-state index in [-0.39, 0.29) is 6.42 Å². The fraction of sp³-hybridized carbons (Fsp3) is 1.00. The number of hydrogen-bond donors (Lipinski definition) is 7. The van der Waals surface area contributed by atoms with E-state index in [1.807, 2.05) is 5.43 Å². The van der Waals surface area contributed by atoms with Gasteiger partial charge in [-0.2, -0.15) is 0 Å². The molecular weight excluding hydrogens is 180 g/mol. The molecule has 0 saturated carbocycles. The largest absolute Gasteiger partial charge is 0.394 e. The normalized spacial score (nSPS) is 20.8. The van der Waals surface area contributed by atoms with Crippen molar-refractivity contribution in [1.29, 1.82) is 0 Å². The molecule has 0 aliphatic carbocycles. The molecule has 1 unspecified atom stereocenters. The van der Waals surface area contributed by atoms with Crippen LogP contribution in [0.25, 0.3) is 0 Å². The first-order valence-corrected chi connectivity index (χ1v) is 3.82. The van der Waals surface area contributed by atoms with Crippen LogP contribution in [0.1, 0.15) is 6.42 Å². The van der Waals surface area contributed by atoms with E-state index in [2.05, 4.69) is 0 Å². The van der Waals surface area contributed by atoms with Gasteiger partial charge in [-0.15, -0.1) is 0 Å². The Balaban J connectivity index is 3.87. The summed E-state index contributed by atoms with van der Waals surface area (Å²) in [6.07, 6.45) is -5.70. The van der Waals surface area contributed by atoms with Crippen LogP contribution in [-0.4, -0.2) is 56.7 Å². The fourth-order valence-corrected chi connectivity index (χ4v) is 0.801. The second-order valence-corrected chi connectivity index (χ2v) is 2.73. The number of nitrogens with one attached hydrogen (secondary N) is 1. The molecule has 0 saturated heterocycles. The number of hydrogen-bond acceptors (Lipinski definition) is 7. The van der Waals surface area contributed by atoms with Crippen LogP contribution in [0.3, 0.4) is 0 Å². The molecule has 0 fully saturated rings. The third kappa shape index (κ3) is 4.48. The molecule has 0 rings (SSSR count). The summed E-state index contributed by atoms with van der Waals surface area (Å²) in [6, 6.07) is 0. The summed E-state index contributed by atoms with van der Waals surface area (Å²) < 4.78 is 0. The highest BCUT2D eigenvalue weighted by Crippen LogP contribution is 2.05. The zero-order valence-corrected chi connectivity index (χ0v) is 7.04. The number of rotatable bonds is 6. The van der Waals surface area contributed by atoms with Gasteiger partial charge in [-0.3, -0.25) is 5.84 Å². The molecule has 4 atom stereocenters. The van der Waals surface area contributed by atoms with Gasteiger partial charge in [-0.25, -0.2) is 5.43 Å². The average molecular weight is 196 g/mol. The van der Waals surface area contributed by atoms with Gasteiger partial charge in [0, 0.05) is 6.42 Å². The molecule has 0 spiro atoms. The molecular formula is C6H16N2O5. The van der Waals surface area contributed by atoms with Crippen LogP contribution in [-0.2, 0) is 0 Å². The predicted octanol–water partition coefficient (Wildman–Crippen LogP) is -3.77. The van der Waals surface area contributed by atoms with E-state index in [4.69, 9.17) is 31.4 Å². The van der Waals surface area contributed by atoms with E-state index in [1.165, 1.54) is 0 Å². The Labute approximate surface area is 75.4 Å². The molecule has 0 aromatic rings. The Kier molecular flexibility index (Phi) is 6.08. The zero-order chi connectivity index (χ0) is 10.4. The summed E-state index contributed by atoms with van der Waals surface area (Å²) in [7, 11) is 0. The minimum absolute atomic E-state index is 0.241. The number of hydrazine groups is 1. The summed E-state index contributed by atoms with van der Waals surface area (Å²) in [6.45, 7) is -0.662. The molecule has 0 aromatic carbocycles. The molecule has 0 amide bonds. The Morgan fingerprint density at radius 3 is 2.00 bits per heavy atom. The standard InChI is InChI=1S/C6H16N2O5/c7-8-5(12)1-3(10)6(13)4(11)2-9/h3-6,8-13H,1-2,7H2/t3-,4-,5?,6-/m1/s1. The first kappa shape index (κ1) is 12.7. The SMILES string of the molecule is NNC(O)C[C@@H](O)[C@@H](O)[C@H](O)CO. The predicted molar refractivity (Wildman–Crippen MR) is 43.1 cm³/mol. The number of nitrogens with two attached hydrogens (primary N) is 1. The molecule has 0 aromatic heterocycles. The minimum atomic E-state index is -1.51. The molecule has 0 heterocycles. The van der Waals surface area contributed by atoms with Crippen LogP contribution in [0.2, 0.25) is 0 Å². The molecule has 7 nitrogen and oxygen atoms in total. The summed E-state index contributed by atoms with van der Waals surface area (Å²) in [4.78, 5) is 0. The van der Waals surface area contributed by atoms with Gasteiger partial charge in [0.2, 0.25) is 0 Å². The third-order valence-electron chi connectivity index (χ3n) is 1.63. The maximum absolute atomic E-state index is 9.14. The lowest BCUT2D eigenvalue weighted by molar-refractivity contribution is -0.0899. The van der Waals surface area contributed by atoms with Crippen LogP contribution in [0.15, 0.2) is 0 Å². The van der Waals surface area contributed by atoms with E-state index in [0.717, 1.165) is 0 Å². The van der Waals surface area contributed by atoms with Crippen molar-refractivity contribution in [2.45, 2.75) is 31.0 Å². The van der Waals surface area contributed by atoms with E-state index in [0.29, 0.717) is 0 Å². The first-order valence-electron chi connectivity index (χ1n) is 3.82. The van der Waals surface area contributed by atoms with Gasteiger partial charge in [0.15, 0.2) is 0 Å². The van der Waals surface area contributed by atoms with Crippen LogP contribution >= 0.6 is 0 Å². The quantitative estimate of drug-likeness (QED) is 0.131. The second-order valence-electron chi connectivity index (χ2n) is 2.73. The second kappa shape index (κ2) is 6.22. The van der Waals surface area contributed by atoms with E-state index in [1.54, 1.807) is 0 Å². The Morgan fingerprint density at radius 1 is 1.08 bits per heavy atom. The maximum Gasteiger partial charge on any atom is 0.119 e. The van der Waals surface area contributed by atoms with Crippen LogP contribution in [0, 0.1) is 0 Å². The van der Waals surface area contributed by atoms with E-state index < -0.39 is 31.1 Å². The van der Waals surface area contributed by atoms with Gasteiger partial charge in [0.05, 0.1) is 12.7 Å². The summed E-state index contributed by atoms with van der Waals surface area (Å²) in [5.41, 5.74) is 1.95. The van der Waals surface area contributed by atoms with Gasteiger partial charge >= 0.3 is 0 Å². The maximum atomic E-state index is 9.14. The lowest BCUT2D eigenvalue weighted by Crippen LogP contribution is -2.45. The Morgan fingerprint density at radius 2 is 1.62 bits per heavy atom. The molecule has 8 N–H and O–H groups in total. The Hall–Kier alpha value is -0.280. The smallest absolute Gasteiger partial charge is 0.119 e. The number of aliphatic hydroxyl groups is 5. The molecule has 0 bridgehead atoms. The molecule has 80 valence electrons. The van der Waals surface area contributed by atoms with Gasteiger partial charge in [0.1, 0.15) is 18.4 Å². The third-order valence-corrected chi connectivity index (χ3v) is 1.63. The van der Waals surface area contributed by atoms with Crippen LogP contribution in [0.5, 0.6) is 0 Å². The van der Waals surface area contributed by atoms with Crippen molar-refractivity contribution in [3.8, 4) is 0 Å². The zero-order valence-electron chi connectivity index (χ0n) is 7.04. The van der Waals surface area contributed by atoms with Crippen molar-refractivity contribution in [2.24, 2.45) is 5.84 Å². The van der Waals surface area contributed by atoms with Gasteiger partial charge < -0.3 is 25.5 Å². The van der Waals surface area contributed by atoms with E-state index >= 15 is 0 Å². The van der Waals surface area contributed by atoms with Crippen molar-refractivity contribution in [3.05, 3.63) is 0 Å². The van der Waals surface area contributed by atoms with Gasteiger partial charge in [0.25, 0.3) is 0 Å². The van der Waals surface area contributed by atoms with Crippen molar-refractivity contribution in [3.63, 3.8) is 0 Å². The highest BCUT2D eigenvalue weighted by atomic mass is 16.4. The highest BCUT2D eigenvalue weighted by Gasteiger charge is 2.25. The van der Waals surface area contributed by atoms with Crippen LogP contribution < -0.4 is 11.3 Å². The lowest BCUT2D eigenvalue weighted by atomic mass is 10.1. The molecule has 7 heteroatoms. The topological polar surface area (TPSA) is 139 Å². The van der Waals surface area contributed by atoms with Gasteiger partial charge in [-0.1, -0.05) is 0 Å². The Bertz CT molecular complexity index is 136. The molecule has 0 aliphatic heterocycles. The summed E-state index contributed by atoms with van der Waals surface area (Å²) in [5, 5.41) is 44.4. The fourth-order valence-electron chi connectivity index (χ4n) is 0.801. The van der Waals surface area contributed by atoms with Crippen molar-refractivity contribution in [1.82, 2.24) is 5.43 Å². The molecule has 0 aliphatic rings. The van der Waals surface area contributed by atoms with Gasteiger partial charge in [-0.05, 0) is 0 Å². The van der Waals surface area contributed by atoms with Crippen molar-refractivity contribution < 1.29 is 25.5 Å². The first-order chi connectivity index (χ1) is 6.02. The molecule has 0 radical (unpaired) electrons. The van der Waals surface area contributed by atoms with Crippen LogP contribution in [0.4, 0.5) is 0 Å².